The normalized spacial score (nSPS) is 10.4. The minimum absolute atomic E-state index is 0.334. The quantitative estimate of drug-likeness (QED) is 0.642. The maximum absolute atomic E-state index is 12.1. The van der Waals surface area contributed by atoms with E-state index in [2.05, 4.69) is 10.2 Å². The summed E-state index contributed by atoms with van der Waals surface area (Å²) in [5.41, 5.74) is 4.51. The SMILES string of the molecule is Cc1ccc(-c2ccc(Nc3ccccc3)c(C(=O)ON)c2)c(Cl)c1. The highest BCUT2D eigenvalue weighted by Crippen LogP contribution is 2.32. The van der Waals surface area contributed by atoms with Crippen LogP contribution in [0.3, 0.4) is 0 Å². The fourth-order valence-electron chi connectivity index (χ4n) is 2.58. The van der Waals surface area contributed by atoms with Crippen LogP contribution in [0, 0.1) is 6.92 Å². The van der Waals surface area contributed by atoms with E-state index in [-0.39, 0.29) is 0 Å². The number of hydrogen-bond donors (Lipinski definition) is 2. The third kappa shape index (κ3) is 3.82. The van der Waals surface area contributed by atoms with Crippen molar-refractivity contribution < 1.29 is 9.63 Å². The number of benzene rings is 3. The van der Waals surface area contributed by atoms with Crippen molar-refractivity contribution in [1.82, 2.24) is 0 Å². The highest BCUT2D eigenvalue weighted by Gasteiger charge is 2.15. The fourth-order valence-corrected chi connectivity index (χ4v) is 2.93. The molecule has 3 aromatic rings. The Morgan fingerprint density at radius 3 is 2.48 bits per heavy atom. The highest BCUT2D eigenvalue weighted by molar-refractivity contribution is 6.33. The average Bonchev–Trinajstić information content (AvgIpc) is 2.62. The smallest absolute Gasteiger partial charge is 0.358 e. The van der Waals surface area contributed by atoms with Gasteiger partial charge >= 0.3 is 5.97 Å². The van der Waals surface area contributed by atoms with Crippen LogP contribution in [0.25, 0.3) is 11.1 Å². The Kier molecular flexibility index (Phi) is 5.03. The predicted molar refractivity (Wildman–Crippen MR) is 101 cm³/mol. The number of para-hydroxylation sites is 1. The molecule has 126 valence electrons. The number of aryl methyl sites for hydroxylation is 1. The lowest BCUT2D eigenvalue weighted by molar-refractivity contribution is 0.0504. The molecule has 3 N–H and O–H groups in total. The molecule has 0 saturated carbocycles. The Balaban J connectivity index is 2.04. The van der Waals surface area contributed by atoms with Gasteiger partial charge in [-0.2, -0.15) is 5.90 Å². The van der Waals surface area contributed by atoms with E-state index >= 15 is 0 Å². The molecule has 0 atom stereocenters. The van der Waals surface area contributed by atoms with Crippen LogP contribution < -0.4 is 11.2 Å². The number of carbonyl (C=O) groups is 1. The molecule has 0 radical (unpaired) electrons. The van der Waals surface area contributed by atoms with Gasteiger partial charge < -0.3 is 10.2 Å². The molecular weight excluding hydrogens is 336 g/mol. The van der Waals surface area contributed by atoms with E-state index in [0.717, 1.165) is 22.4 Å². The van der Waals surface area contributed by atoms with Gasteiger partial charge in [-0.3, -0.25) is 0 Å². The van der Waals surface area contributed by atoms with E-state index in [4.69, 9.17) is 17.5 Å². The molecule has 0 aromatic heterocycles. The molecule has 0 unspecified atom stereocenters. The highest BCUT2D eigenvalue weighted by atomic mass is 35.5. The van der Waals surface area contributed by atoms with Gasteiger partial charge in [0.05, 0.1) is 11.3 Å². The monoisotopic (exact) mass is 352 g/mol. The summed E-state index contributed by atoms with van der Waals surface area (Å²) in [6, 6.07) is 20.7. The van der Waals surface area contributed by atoms with E-state index in [9.17, 15) is 4.79 Å². The molecule has 0 saturated heterocycles. The lowest BCUT2D eigenvalue weighted by atomic mass is 10.0. The minimum atomic E-state index is -0.622. The van der Waals surface area contributed by atoms with Crippen molar-refractivity contribution in [3.63, 3.8) is 0 Å². The van der Waals surface area contributed by atoms with Gasteiger partial charge in [-0.25, -0.2) is 4.79 Å². The predicted octanol–water partition coefficient (Wildman–Crippen LogP) is 5.09. The summed E-state index contributed by atoms with van der Waals surface area (Å²) in [6.45, 7) is 1.97. The first-order valence-electron chi connectivity index (χ1n) is 7.72. The Morgan fingerprint density at radius 2 is 1.80 bits per heavy atom. The molecule has 0 fully saturated rings. The number of hydrogen-bond acceptors (Lipinski definition) is 4. The molecule has 0 bridgehead atoms. The molecule has 0 heterocycles. The summed E-state index contributed by atoms with van der Waals surface area (Å²) in [6.07, 6.45) is 0. The fraction of sp³-hybridized carbons (Fsp3) is 0.0500. The van der Waals surface area contributed by atoms with Crippen molar-refractivity contribution >= 4 is 28.9 Å². The van der Waals surface area contributed by atoms with Crippen LogP contribution in [-0.2, 0) is 4.84 Å². The number of halogens is 1. The van der Waals surface area contributed by atoms with Crippen molar-refractivity contribution in [2.75, 3.05) is 5.32 Å². The van der Waals surface area contributed by atoms with Crippen LogP contribution in [0.2, 0.25) is 5.02 Å². The van der Waals surface area contributed by atoms with Crippen LogP contribution in [0.1, 0.15) is 15.9 Å². The lowest BCUT2D eigenvalue weighted by Crippen LogP contribution is -2.12. The average molecular weight is 353 g/mol. The van der Waals surface area contributed by atoms with Crippen molar-refractivity contribution in [1.29, 1.82) is 0 Å². The zero-order valence-electron chi connectivity index (χ0n) is 13.6. The van der Waals surface area contributed by atoms with Gasteiger partial charge in [0.15, 0.2) is 0 Å². The largest absolute Gasteiger partial charge is 0.370 e. The van der Waals surface area contributed by atoms with Gasteiger partial charge in [0, 0.05) is 16.3 Å². The molecule has 5 heteroatoms. The summed E-state index contributed by atoms with van der Waals surface area (Å²) in [4.78, 5) is 16.6. The standard InChI is InChI=1S/C20H17ClN2O2/c1-13-7-9-16(18(21)11-13)14-8-10-19(17(12-14)20(24)25-22)23-15-5-3-2-4-6-15/h2-12,23H,22H2,1H3. The third-order valence-electron chi connectivity index (χ3n) is 3.83. The first kappa shape index (κ1) is 17.0. The van der Waals surface area contributed by atoms with Gasteiger partial charge in [0.2, 0.25) is 0 Å². The molecule has 0 spiro atoms. The van der Waals surface area contributed by atoms with E-state index in [0.29, 0.717) is 16.3 Å². The summed E-state index contributed by atoms with van der Waals surface area (Å²) in [7, 11) is 0. The number of nitrogens with two attached hydrogens (primary N) is 1. The number of nitrogens with one attached hydrogen (secondary N) is 1. The van der Waals surface area contributed by atoms with Crippen LogP contribution in [0.5, 0.6) is 0 Å². The molecule has 3 aromatic carbocycles. The van der Waals surface area contributed by atoms with Gasteiger partial charge in [-0.1, -0.05) is 48.0 Å². The summed E-state index contributed by atoms with van der Waals surface area (Å²) >= 11 is 6.34. The Morgan fingerprint density at radius 1 is 1.04 bits per heavy atom. The molecule has 0 aliphatic rings. The second-order valence-electron chi connectivity index (χ2n) is 5.64. The maximum Gasteiger partial charge on any atom is 0.358 e. The van der Waals surface area contributed by atoms with E-state index in [1.54, 1.807) is 6.07 Å². The van der Waals surface area contributed by atoms with Crippen molar-refractivity contribution in [2.45, 2.75) is 6.92 Å². The van der Waals surface area contributed by atoms with Crippen LogP contribution in [-0.4, -0.2) is 5.97 Å². The van der Waals surface area contributed by atoms with Crippen molar-refractivity contribution in [3.8, 4) is 11.1 Å². The maximum atomic E-state index is 12.1. The third-order valence-corrected chi connectivity index (χ3v) is 4.15. The summed E-state index contributed by atoms with van der Waals surface area (Å²) in [5.74, 6) is 4.48. The zero-order valence-corrected chi connectivity index (χ0v) is 14.4. The Labute approximate surface area is 151 Å². The molecule has 0 amide bonds. The molecule has 3 rings (SSSR count). The van der Waals surface area contributed by atoms with Crippen molar-refractivity contribution in [2.24, 2.45) is 5.90 Å². The second-order valence-corrected chi connectivity index (χ2v) is 6.05. The van der Waals surface area contributed by atoms with Gasteiger partial charge in [0.1, 0.15) is 0 Å². The van der Waals surface area contributed by atoms with Gasteiger partial charge in [-0.15, -0.1) is 0 Å². The molecule has 0 aliphatic carbocycles. The van der Waals surface area contributed by atoms with Gasteiger partial charge in [0.25, 0.3) is 0 Å². The van der Waals surface area contributed by atoms with Crippen LogP contribution in [0.15, 0.2) is 66.7 Å². The first-order valence-corrected chi connectivity index (χ1v) is 8.10. The lowest BCUT2D eigenvalue weighted by Gasteiger charge is -2.13. The second kappa shape index (κ2) is 7.38. The van der Waals surface area contributed by atoms with E-state index in [1.165, 1.54) is 0 Å². The molecule has 4 nitrogen and oxygen atoms in total. The van der Waals surface area contributed by atoms with Crippen molar-refractivity contribution in [3.05, 3.63) is 82.9 Å². The Bertz CT molecular complexity index is 911. The van der Waals surface area contributed by atoms with E-state index < -0.39 is 5.97 Å². The number of anilines is 2. The number of carbonyl (C=O) groups excluding carboxylic acids is 1. The minimum Gasteiger partial charge on any atom is -0.370 e. The molecular formula is C20H17ClN2O2. The van der Waals surface area contributed by atoms with E-state index in [1.807, 2.05) is 67.6 Å². The van der Waals surface area contributed by atoms with Crippen LogP contribution >= 0.6 is 11.6 Å². The number of rotatable bonds is 4. The molecule has 25 heavy (non-hydrogen) atoms. The zero-order chi connectivity index (χ0) is 17.8. The first-order chi connectivity index (χ1) is 12.1. The molecule has 0 aliphatic heterocycles. The Hall–Kier alpha value is -2.82. The summed E-state index contributed by atoms with van der Waals surface area (Å²) < 4.78 is 0. The van der Waals surface area contributed by atoms with Gasteiger partial charge in [-0.05, 0) is 48.4 Å². The van der Waals surface area contributed by atoms with Crippen LogP contribution in [0.4, 0.5) is 11.4 Å². The topological polar surface area (TPSA) is 64.3 Å². The summed E-state index contributed by atoms with van der Waals surface area (Å²) in [5, 5.41) is 3.82.